The van der Waals surface area contributed by atoms with Crippen molar-refractivity contribution in [2.24, 2.45) is 0 Å². The highest BCUT2D eigenvalue weighted by molar-refractivity contribution is 5.76. The van der Waals surface area contributed by atoms with E-state index in [-0.39, 0.29) is 17.9 Å². The SMILES string of the molecule is CN1CCC(N(C)C(=O)N/C=C/c2ccccc2F)CC1. The van der Waals surface area contributed by atoms with Crippen molar-refractivity contribution in [1.82, 2.24) is 15.1 Å². The van der Waals surface area contributed by atoms with Gasteiger partial charge in [0.2, 0.25) is 0 Å². The van der Waals surface area contributed by atoms with Crippen LogP contribution >= 0.6 is 0 Å². The number of hydrogen-bond donors (Lipinski definition) is 1. The Morgan fingerprint density at radius 3 is 2.71 bits per heavy atom. The number of hydrogen-bond acceptors (Lipinski definition) is 2. The number of likely N-dealkylation sites (tertiary alicyclic amines) is 1. The lowest BCUT2D eigenvalue weighted by Crippen LogP contribution is -2.47. The van der Waals surface area contributed by atoms with Gasteiger partial charge in [-0.3, -0.25) is 0 Å². The molecule has 4 nitrogen and oxygen atoms in total. The highest BCUT2D eigenvalue weighted by Crippen LogP contribution is 2.14. The van der Waals surface area contributed by atoms with Crippen molar-refractivity contribution in [3.05, 3.63) is 41.8 Å². The first-order valence-corrected chi connectivity index (χ1v) is 7.21. The first kappa shape index (κ1) is 15.5. The van der Waals surface area contributed by atoms with Gasteiger partial charge in [0.05, 0.1) is 0 Å². The topological polar surface area (TPSA) is 35.6 Å². The predicted octanol–water partition coefficient (Wildman–Crippen LogP) is 2.53. The summed E-state index contributed by atoms with van der Waals surface area (Å²) in [6.45, 7) is 2.01. The van der Waals surface area contributed by atoms with Gasteiger partial charge in [0.1, 0.15) is 5.82 Å². The molecule has 1 aromatic carbocycles. The van der Waals surface area contributed by atoms with Crippen molar-refractivity contribution < 1.29 is 9.18 Å². The molecular weight excluding hydrogens is 269 g/mol. The van der Waals surface area contributed by atoms with Gasteiger partial charge in [0, 0.05) is 24.9 Å². The number of carbonyl (C=O) groups excluding carboxylic acids is 1. The molecule has 0 aromatic heterocycles. The summed E-state index contributed by atoms with van der Waals surface area (Å²) in [6, 6.07) is 6.57. The third-order valence-corrected chi connectivity index (χ3v) is 3.93. The second-order valence-corrected chi connectivity index (χ2v) is 5.45. The summed E-state index contributed by atoms with van der Waals surface area (Å²) in [6.07, 6.45) is 5.02. The Hall–Kier alpha value is -1.88. The van der Waals surface area contributed by atoms with Crippen LogP contribution in [0.15, 0.2) is 30.5 Å². The third-order valence-electron chi connectivity index (χ3n) is 3.93. The Balaban J connectivity index is 1.85. The Morgan fingerprint density at radius 1 is 1.38 bits per heavy atom. The van der Waals surface area contributed by atoms with Crippen molar-refractivity contribution in [2.45, 2.75) is 18.9 Å². The van der Waals surface area contributed by atoms with E-state index in [4.69, 9.17) is 0 Å². The van der Waals surface area contributed by atoms with E-state index < -0.39 is 0 Å². The van der Waals surface area contributed by atoms with Gasteiger partial charge in [0.25, 0.3) is 0 Å². The molecule has 1 saturated heterocycles. The molecule has 114 valence electrons. The fourth-order valence-electron chi connectivity index (χ4n) is 2.46. The number of halogens is 1. The van der Waals surface area contributed by atoms with Crippen LogP contribution in [0.4, 0.5) is 9.18 Å². The first-order chi connectivity index (χ1) is 10.1. The largest absolute Gasteiger partial charge is 0.325 e. The van der Waals surface area contributed by atoms with Crippen molar-refractivity contribution in [1.29, 1.82) is 0 Å². The molecule has 0 aliphatic carbocycles. The molecule has 1 aliphatic heterocycles. The zero-order valence-corrected chi connectivity index (χ0v) is 12.6. The second-order valence-electron chi connectivity index (χ2n) is 5.45. The van der Waals surface area contributed by atoms with Gasteiger partial charge in [-0.1, -0.05) is 18.2 Å². The fraction of sp³-hybridized carbons (Fsp3) is 0.438. The van der Waals surface area contributed by atoms with Gasteiger partial charge in [0.15, 0.2) is 0 Å². The summed E-state index contributed by atoms with van der Waals surface area (Å²) < 4.78 is 13.4. The van der Waals surface area contributed by atoms with Gasteiger partial charge in [-0.05, 0) is 45.1 Å². The molecule has 21 heavy (non-hydrogen) atoms. The normalized spacial score (nSPS) is 17.1. The van der Waals surface area contributed by atoms with Crippen LogP contribution in [0.5, 0.6) is 0 Å². The Morgan fingerprint density at radius 2 is 2.05 bits per heavy atom. The van der Waals surface area contributed by atoms with E-state index in [1.54, 1.807) is 29.2 Å². The monoisotopic (exact) mass is 291 g/mol. The lowest BCUT2D eigenvalue weighted by atomic mass is 10.0. The van der Waals surface area contributed by atoms with Gasteiger partial charge in [-0.15, -0.1) is 0 Å². The number of nitrogens with one attached hydrogen (secondary N) is 1. The maximum atomic E-state index is 13.4. The molecule has 0 unspecified atom stereocenters. The summed E-state index contributed by atoms with van der Waals surface area (Å²) in [7, 11) is 3.90. The Bertz CT molecular complexity index is 510. The van der Waals surface area contributed by atoms with Crippen LogP contribution in [-0.2, 0) is 0 Å². The van der Waals surface area contributed by atoms with Crippen LogP contribution in [0.3, 0.4) is 0 Å². The average Bonchev–Trinajstić information content (AvgIpc) is 2.49. The zero-order chi connectivity index (χ0) is 15.2. The Kier molecular flexibility index (Phi) is 5.33. The average molecular weight is 291 g/mol. The maximum absolute atomic E-state index is 13.4. The standard InChI is InChI=1S/C16H22FN3O/c1-19-11-8-14(9-12-19)20(2)16(21)18-10-7-13-5-3-4-6-15(13)17/h3-7,10,14H,8-9,11-12H2,1-2H3,(H,18,21)/b10-7+. The van der Waals surface area contributed by atoms with Gasteiger partial charge < -0.3 is 15.1 Å². The minimum atomic E-state index is -0.299. The van der Waals surface area contributed by atoms with Gasteiger partial charge in [-0.2, -0.15) is 0 Å². The van der Waals surface area contributed by atoms with E-state index in [2.05, 4.69) is 17.3 Å². The van der Waals surface area contributed by atoms with E-state index in [1.807, 2.05) is 7.05 Å². The minimum absolute atomic E-state index is 0.155. The molecule has 2 amide bonds. The maximum Gasteiger partial charge on any atom is 0.321 e. The predicted molar refractivity (Wildman–Crippen MR) is 82.2 cm³/mol. The Labute approximate surface area is 125 Å². The molecule has 2 rings (SSSR count). The van der Waals surface area contributed by atoms with E-state index in [0.717, 1.165) is 25.9 Å². The number of benzene rings is 1. The van der Waals surface area contributed by atoms with Crippen molar-refractivity contribution >= 4 is 12.1 Å². The fourth-order valence-corrected chi connectivity index (χ4v) is 2.46. The van der Waals surface area contributed by atoms with Crippen LogP contribution in [0.2, 0.25) is 0 Å². The number of carbonyl (C=O) groups is 1. The number of nitrogens with zero attached hydrogens (tertiary/aromatic N) is 2. The van der Waals surface area contributed by atoms with Crippen LogP contribution in [0.1, 0.15) is 18.4 Å². The third kappa shape index (κ3) is 4.29. The van der Waals surface area contributed by atoms with E-state index in [1.165, 1.54) is 12.3 Å². The molecule has 0 radical (unpaired) electrons. The van der Waals surface area contributed by atoms with E-state index in [0.29, 0.717) is 5.56 Å². The molecule has 0 saturated carbocycles. The lowest BCUT2D eigenvalue weighted by Gasteiger charge is -2.34. The highest BCUT2D eigenvalue weighted by atomic mass is 19.1. The molecule has 1 aliphatic rings. The molecule has 1 fully saturated rings. The number of rotatable bonds is 3. The lowest BCUT2D eigenvalue weighted by molar-refractivity contribution is 0.150. The highest BCUT2D eigenvalue weighted by Gasteiger charge is 2.23. The number of piperidine rings is 1. The van der Waals surface area contributed by atoms with Crippen molar-refractivity contribution in [3.63, 3.8) is 0 Å². The first-order valence-electron chi connectivity index (χ1n) is 7.21. The number of urea groups is 1. The smallest absolute Gasteiger partial charge is 0.321 e. The summed E-state index contributed by atoms with van der Waals surface area (Å²) in [4.78, 5) is 16.1. The molecule has 0 spiro atoms. The van der Waals surface area contributed by atoms with Gasteiger partial charge >= 0.3 is 6.03 Å². The number of amides is 2. The molecule has 1 aromatic rings. The second kappa shape index (κ2) is 7.22. The van der Waals surface area contributed by atoms with Crippen LogP contribution in [0, 0.1) is 5.82 Å². The van der Waals surface area contributed by atoms with Crippen LogP contribution in [-0.4, -0.2) is 49.1 Å². The minimum Gasteiger partial charge on any atom is -0.325 e. The molecule has 0 atom stereocenters. The molecule has 0 bridgehead atoms. The summed E-state index contributed by atoms with van der Waals surface area (Å²) in [5.41, 5.74) is 0.458. The zero-order valence-electron chi connectivity index (χ0n) is 12.6. The summed E-state index contributed by atoms with van der Waals surface area (Å²) in [5, 5.41) is 2.69. The molecular formula is C16H22FN3O. The van der Waals surface area contributed by atoms with Crippen molar-refractivity contribution in [3.8, 4) is 0 Å². The van der Waals surface area contributed by atoms with Crippen LogP contribution in [0.25, 0.3) is 6.08 Å². The molecule has 5 heteroatoms. The van der Waals surface area contributed by atoms with E-state index in [9.17, 15) is 9.18 Å². The molecule has 1 heterocycles. The van der Waals surface area contributed by atoms with Gasteiger partial charge in [-0.25, -0.2) is 9.18 Å². The van der Waals surface area contributed by atoms with Crippen LogP contribution < -0.4 is 5.32 Å². The molecule has 1 N–H and O–H groups in total. The van der Waals surface area contributed by atoms with Crippen molar-refractivity contribution in [2.75, 3.05) is 27.2 Å². The summed E-state index contributed by atoms with van der Waals surface area (Å²) in [5.74, 6) is -0.299. The summed E-state index contributed by atoms with van der Waals surface area (Å²) >= 11 is 0. The van der Waals surface area contributed by atoms with E-state index >= 15 is 0 Å². The quantitative estimate of drug-likeness (QED) is 0.929.